The number of hydrogen-bond acceptors (Lipinski definition) is 7. The highest BCUT2D eigenvalue weighted by molar-refractivity contribution is 7.98. The molecule has 1 heterocycles. The van der Waals surface area contributed by atoms with Crippen LogP contribution < -0.4 is 14.2 Å². The van der Waals surface area contributed by atoms with Crippen molar-refractivity contribution in [3.63, 3.8) is 0 Å². The number of nitrogens with zero attached hydrogens (tertiary/aromatic N) is 4. The number of aromatic nitrogens is 4. The number of methoxy groups -OCH3 is 3. The lowest BCUT2D eigenvalue weighted by molar-refractivity contribution is 0.354. The topological polar surface area (TPSA) is 71.3 Å². The maximum Gasteiger partial charge on any atom is 0.214 e. The highest BCUT2D eigenvalue weighted by Crippen LogP contribution is 2.33. The third kappa shape index (κ3) is 3.60. The van der Waals surface area contributed by atoms with E-state index in [1.165, 1.54) is 0 Å². The third-order valence-electron chi connectivity index (χ3n) is 3.95. The molecule has 0 saturated heterocycles. The molecular weight excluding hydrogens is 352 g/mol. The zero-order valence-corrected chi connectivity index (χ0v) is 15.9. The minimum absolute atomic E-state index is 0.684. The molecule has 0 saturated carbocycles. The SMILES string of the molecule is COc1cc(C)c(CSc2nnnn2-c2ccccc2OC)cc1OC. The van der Waals surface area contributed by atoms with Gasteiger partial charge in [-0.05, 0) is 52.7 Å². The molecule has 2 aromatic carbocycles. The van der Waals surface area contributed by atoms with E-state index in [9.17, 15) is 0 Å². The second kappa shape index (κ2) is 8.09. The van der Waals surface area contributed by atoms with Crippen molar-refractivity contribution in [2.24, 2.45) is 0 Å². The Morgan fingerprint density at radius 3 is 2.38 bits per heavy atom. The van der Waals surface area contributed by atoms with Crippen LogP contribution in [0.3, 0.4) is 0 Å². The molecule has 1 aromatic heterocycles. The smallest absolute Gasteiger partial charge is 0.214 e. The Labute approximate surface area is 156 Å². The number of ether oxygens (including phenoxy) is 3. The minimum Gasteiger partial charge on any atom is -0.494 e. The molecule has 0 radical (unpaired) electrons. The van der Waals surface area contributed by atoms with Gasteiger partial charge in [-0.2, -0.15) is 4.68 Å². The van der Waals surface area contributed by atoms with Crippen LogP contribution in [0.2, 0.25) is 0 Å². The molecule has 26 heavy (non-hydrogen) atoms. The Bertz CT molecular complexity index is 898. The van der Waals surface area contributed by atoms with Gasteiger partial charge in [0.05, 0.1) is 21.3 Å². The highest BCUT2D eigenvalue weighted by Gasteiger charge is 2.15. The van der Waals surface area contributed by atoms with Crippen molar-refractivity contribution in [2.45, 2.75) is 17.8 Å². The van der Waals surface area contributed by atoms with Crippen LogP contribution in [0.5, 0.6) is 17.2 Å². The minimum atomic E-state index is 0.684. The summed E-state index contributed by atoms with van der Waals surface area (Å²) in [7, 11) is 4.89. The lowest BCUT2D eigenvalue weighted by Crippen LogP contribution is -2.02. The van der Waals surface area contributed by atoms with Crippen molar-refractivity contribution >= 4 is 11.8 Å². The monoisotopic (exact) mass is 372 g/mol. The van der Waals surface area contributed by atoms with Gasteiger partial charge in [-0.15, -0.1) is 5.10 Å². The number of aryl methyl sites for hydroxylation is 1. The van der Waals surface area contributed by atoms with E-state index in [0.717, 1.165) is 22.6 Å². The standard InChI is InChI=1S/C18H20N4O3S/c1-12-9-16(24-3)17(25-4)10-13(12)11-26-18-19-20-21-22(18)14-7-5-6-8-15(14)23-2/h5-10H,11H2,1-4H3. The van der Waals surface area contributed by atoms with Gasteiger partial charge in [-0.3, -0.25) is 0 Å². The van der Waals surface area contributed by atoms with Crippen LogP contribution in [0.1, 0.15) is 11.1 Å². The molecule has 0 spiro atoms. The van der Waals surface area contributed by atoms with Crippen LogP contribution in [0, 0.1) is 6.92 Å². The molecule has 0 N–H and O–H groups in total. The van der Waals surface area contributed by atoms with Crippen LogP contribution in [0.25, 0.3) is 5.69 Å². The largest absolute Gasteiger partial charge is 0.494 e. The fraction of sp³-hybridized carbons (Fsp3) is 0.278. The van der Waals surface area contributed by atoms with E-state index in [0.29, 0.717) is 22.4 Å². The molecule has 0 unspecified atom stereocenters. The van der Waals surface area contributed by atoms with Crippen molar-refractivity contribution < 1.29 is 14.2 Å². The third-order valence-corrected chi connectivity index (χ3v) is 4.92. The van der Waals surface area contributed by atoms with Crippen LogP contribution >= 0.6 is 11.8 Å². The molecule has 0 atom stereocenters. The quantitative estimate of drug-likeness (QED) is 0.589. The first-order chi connectivity index (χ1) is 12.7. The maximum absolute atomic E-state index is 5.41. The summed E-state index contributed by atoms with van der Waals surface area (Å²) < 4.78 is 17.8. The van der Waals surface area contributed by atoms with Gasteiger partial charge in [0.1, 0.15) is 11.4 Å². The first-order valence-corrected chi connectivity index (χ1v) is 8.92. The zero-order valence-electron chi connectivity index (χ0n) is 15.1. The van der Waals surface area contributed by atoms with Gasteiger partial charge in [0.2, 0.25) is 5.16 Å². The second-order valence-electron chi connectivity index (χ2n) is 5.47. The van der Waals surface area contributed by atoms with Crippen molar-refractivity contribution in [3.8, 4) is 22.9 Å². The maximum atomic E-state index is 5.41. The van der Waals surface area contributed by atoms with Gasteiger partial charge in [0, 0.05) is 5.75 Å². The van der Waals surface area contributed by atoms with E-state index >= 15 is 0 Å². The van der Waals surface area contributed by atoms with Crippen molar-refractivity contribution in [2.75, 3.05) is 21.3 Å². The average Bonchev–Trinajstić information content (AvgIpc) is 3.15. The van der Waals surface area contributed by atoms with Crippen molar-refractivity contribution in [1.82, 2.24) is 20.2 Å². The molecule has 0 fully saturated rings. The molecule has 3 aromatic rings. The Balaban J connectivity index is 1.85. The summed E-state index contributed by atoms with van der Waals surface area (Å²) in [5.74, 6) is 2.83. The summed E-state index contributed by atoms with van der Waals surface area (Å²) in [6.07, 6.45) is 0. The molecule has 0 aliphatic carbocycles. The van der Waals surface area contributed by atoms with Gasteiger partial charge in [0.15, 0.2) is 11.5 Å². The fourth-order valence-electron chi connectivity index (χ4n) is 2.55. The number of rotatable bonds is 7. The summed E-state index contributed by atoms with van der Waals surface area (Å²) in [5.41, 5.74) is 3.04. The molecule has 136 valence electrons. The Morgan fingerprint density at radius 2 is 1.65 bits per heavy atom. The molecule has 7 nitrogen and oxygen atoms in total. The van der Waals surface area contributed by atoms with Gasteiger partial charge >= 0.3 is 0 Å². The molecule has 0 aliphatic heterocycles. The number of para-hydroxylation sites is 2. The van der Waals surface area contributed by atoms with Gasteiger partial charge in [0.25, 0.3) is 0 Å². The lowest BCUT2D eigenvalue weighted by atomic mass is 10.1. The van der Waals surface area contributed by atoms with Gasteiger partial charge in [-0.25, -0.2) is 0 Å². The predicted octanol–water partition coefficient (Wildman–Crippen LogP) is 3.29. The lowest BCUT2D eigenvalue weighted by Gasteiger charge is -2.13. The van der Waals surface area contributed by atoms with Crippen LogP contribution in [0.15, 0.2) is 41.6 Å². The van der Waals surface area contributed by atoms with Crippen LogP contribution in [-0.4, -0.2) is 41.5 Å². The van der Waals surface area contributed by atoms with Gasteiger partial charge < -0.3 is 14.2 Å². The second-order valence-corrected chi connectivity index (χ2v) is 6.41. The number of hydrogen-bond donors (Lipinski definition) is 0. The number of tetrazole rings is 1. The van der Waals surface area contributed by atoms with E-state index in [1.807, 2.05) is 43.3 Å². The van der Waals surface area contributed by atoms with Crippen LogP contribution in [-0.2, 0) is 5.75 Å². The number of benzene rings is 2. The normalized spacial score (nSPS) is 10.6. The summed E-state index contributed by atoms with van der Waals surface area (Å²) in [4.78, 5) is 0. The molecule has 0 amide bonds. The van der Waals surface area contributed by atoms with E-state index < -0.39 is 0 Å². The molecular formula is C18H20N4O3S. The van der Waals surface area contributed by atoms with Crippen molar-refractivity contribution in [1.29, 1.82) is 0 Å². The summed E-state index contributed by atoms with van der Waals surface area (Å²) in [5, 5.41) is 12.7. The summed E-state index contributed by atoms with van der Waals surface area (Å²) in [6.45, 7) is 2.04. The summed E-state index contributed by atoms with van der Waals surface area (Å²) in [6, 6.07) is 11.6. The molecule has 0 aliphatic rings. The van der Waals surface area contributed by atoms with Crippen molar-refractivity contribution in [3.05, 3.63) is 47.5 Å². The average molecular weight is 372 g/mol. The molecule has 0 bridgehead atoms. The fourth-order valence-corrected chi connectivity index (χ4v) is 3.49. The van der Waals surface area contributed by atoms with Gasteiger partial charge in [-0.1, -0.05) is 23.9 Å². The van der Waals surface area contributed by atoms with E-state index in [-0.39, 0.29) is 0 Å². The zero-order chi connectivity index (χ0) is 18.5. The summed E-state index contributed by atoms with van der Waals surface area (Å²) >= 11 is 1.54. The first kappa shape index (κ1) is 18.1. The number of thioether (sulfide) groups is 1. The van der Waals surface area contributed by atoms with E-state index in [1.54, 1.807) is 37.8 Å². The Hall–Kier alpha value is -2.74. The Morgan fingerprint density at radius 1 is 0.962 bits per heavy atom. The van der Waals surface area contributed by atoms with E-state index in [2.05, 4.69) is 15.5 Å². The highest BCUT2D eigenvalue weighted by atomic mass is 32.2. The molecule has 8 heteroatoms. The Kier molecular flexibility index (Phi) is 5.62. The van der Waals surface area contributed by atoms with E-state index in [4.69, 9.17) is 14.2 Å². The van der Waals surface area contributed by atoms with Crippen LogP contribution in [0.4, 0.5) is 0 Å². The molecule has 3 rings (SSSR count). The predicted molar refractivity (Wildman–Crippen MR) is 99.6 cm³/mol. The first-order valence-electron chi connectivity index (χ1n) is 7.94.